The standard InChI is InChI=1S/C17H18ClN3O5S/c1-11-3-6-14(7-4-11)27(24,25)21-17(23)20-19-16(22)10-26-15-8-5-13(18)9-12(15)2/h3-9H,10H2,1-2H3,(H,19,22)(H2,20,21,23). The van der Waals surface area contributed by atoms with Gasteiger partial charge in [0.1, 0.15) is 5.75 Å². The van der Waals surface area contributed by atoms with Crippen LogP contribution in [0.2, 0.25) is 5.02 Å². The Hall–Kier alpha value is -2.78. The van der Waals surface area contributed by atoms with Gasteiger partial charge in [-0.3, -0.25) is 10.2 Å². The van der Waals surface area contributed by atoms with Gasteiger partial charge in [-0.1, -0.05) is 29.3 Å². The van der Waals surface area contributed by atoms with Gasteiger partial charge in [0.05, 0.1) is 4.90 Å². The third kappa shape index (κ3) is 6.15. The van der Waals surface area contributed by atoms with Gasteiger partial charge in [-0.2, -0.15) is 0 Å². The molecule has 144 valence electrons. The van der Waals surface area contributed by atoms with Gasteiger partial charge in [-0.05, 0) is 49.7 Å². The molecule has 2 aromatic carbocycles. The van der Waals surface area contributed by atoms with Crippen molar-refractivity contribution in [3.63, 3.8) is 0 Å². The largest absolute Gasteiger partial charge is 0.483 e. The first-order valence-corrected chi connectivity index (χ1v) is 9.61. The van der Waals surface area contributed by atoms with E-state index < -0.39 is 22.0 Å². The first-order chi connectivity index (χ1) is 12.7. The van der Waals surface area contributed by atoms with Crippen LogP contribution >= 0.6 is 11.6 Å². The molecule has 0 fully saturated rings. The highest BCUT2D eigenvalue weighted by molar-refractivity contribution is 7.90. The fourth-order valence-corrected chi connectivity index (χ4v) is 3.14. The molecule has 0 heterocycles. The van der Waals surface area contributed by atoms with Gasteiger partial charge in [0.15, 0.2) is 6.61 Å². The van der Waals surface area contributed by atoms with E-state index in [-0.39, 0.29) is 11.5 Å². The third-order valence-corrected chi connectivity index (χ3v) is 4.95. The van der Waals surface area contributed by atoms with Crippen molar-refractivity contribution < 1.29 is 22.7 Å². The summed E-state index contributed by atoms with van der Waals surface area (Å²) in [5, 5.41) is 0.539. The van der Waals surface area contributed by atoms with Crippen molar-refractivity contribution in [1.29, 1.82) is 0 Å². The number of benzene rings is 2. The molecule has 3 N–H and O–H groups in total. The van der Waals surface area contributed by atoms with Gasteiger partial charge < -0.3 is 4.74 Å². The van der Waals surface area contributed by atoms with Crippen LogP contribution in [0.25, 0.3) is 0 Å². The van der Waals surface area contributed by atoms with E-state index >= 15 is 0 Å². The molecule has 8 nitrogen and oxygen atoms in total. The smallest absolute Gasteiger partial charge is 0.347 e. The Kier molecular flexibility index (Phi) is 6.65. The maximum Gasteiger partial charge on any atom is 0.347 e. The van der Waals surface area contributed by atoms with Crippen molar-refractivity contribution in [2.24, 2.45) is 0 Å². The van der Waals surface area contributed by atoms with Crippen LogP contribution in [0.15, 0.2) is 47.4 Å². The number of amides is 3. The minimum absolute atomic E-state index is 0.0730. The van der Waals surface area contributed by atoms with Crippen LogP contribution < -0.4 is 20.3 Å². The molecule has 0 radical (unpaired) electrons. The van der Waals surface area contributed by atoms with Gasteiger partial charge in [-0.25, -0.2) is 23.4 Å². The van der Waals surface area contributed by atoms with E-state index in [0.29, 0.717) is 10.8 Å². The maximum atomic E-state index is 12.1. The Morgan fingerprint density at radius 2 is 1.70 bits per heavy atom. The summed E-state index contributed by atoms with van der Waals surface area (Å²) in [5.74, 6) is -0.215. The second-order valence-corrected chi connectivity index (χ2v) is 7.74. The minimum Gasteiger partial charge on any atom is -0.483 e. The van der Waals surface area contributed by atoms with Gasteiger partial charge in [0.25, 0.3) is 15.9 Å². The van der Waals surface area contributed by atoms with E-state index in [0.717, 1.165) is 11.1 Å². The summed E-state index contributed by atoms with van der Waals surface area (Å²) < 4.78 is 31.2. The van der Waals surface area contributed by atoms with Crippen molar-refractivity contribution in [2.45, 2.75) is 18.7 Å². The zero-order valence-corrected chi connectivity index (χ0v) is 16.1. The maximum absolute atomic E-state index is 12.1. The Balaban J connectivity index is 1.82. The molecule has 0 aliphatic carbocycles. The third-order valence-electron chi connectivity index (χ3n) is 3.37. The van der Waals surface area contributed by atoms with Gasteiger partial charge in [0, 0.05) is 5.02 Å². The Morgan fingerprint density at radius 1 is 1.04 bits per heavy atom. The molecule has 2 aromatic rings. The zero-order chi connectivity index (χ0) is 20.0. The number of sulfonamides is 1. The lowest BCUT2D eigenvalue weighted by Gasteiger charge is -2.11. The molecule has 0 atom stereocenters. The SMILES string of the molecule is Cc1ccc(S(=O)(=O)NC(=O)NNC(=O)COc2ccc(Cl)cc2C)cc1. The van der Waals surface area contributed by atoms with Gasteiger partial charge >= 0.3 is 6.03 Å². The van der Waals surface area contributed by atoms with Gasteiger partial charge in [-0.15, -0.1) is 0 Å². The molecule has 2 rings (SSSR count). The molecule has 0 saturated heterocycles. The monoisotopic (exact) mass is 411 g/mol. The first kappa shape index (κ1) is 20.5. The Morgan fingerprint density at radius 3 is 2.33 bits per heavy atom. The lowest BCUT2D eigenvalue weighted by atomic mass is 10.2. The molecule has 0 bridgehead atoms. The van der Waals surface area contributed by atoms with E-state index in [2.05, 4.69) is 5.43 Å². The lowest BCUT2D eigenvalue weighted by molar-refractivity contribution is -0.123. The highest BCUT2D eigenvalue weighted by atomic mass is 35.5. The fraction of sp³-hybridized carbons (Fsp3) is 0.176. The van der Waals surface area contributed by atoms with Crippen LogP contribution in [-0.2, 0) is 14.8 Å². The number of urea groups is 1. The number of hydrogen-bond donors (Lipinski definition) is 3. The number of hydrazine groups is 1. The quantitative estimate of drug-likeness (QED) is 0.651. The molecular formula is C17H18ClN3O5S. The van der Waals surface area contributed by atoms with E-state index in [1.807, 2.05) is 5.43 Å². The summed E-state index contributed by atoms with van der Waals surface area (Å²) in [6, 6.07) is 9.73. The van der Waals surface area contributed by atoms with E-state index in [4.69, 9.17) is 16.3 Å². The van der Waals surface area contributed by atoms with Gasteiger partial charge in [0.2, 0.25) is 0 Å². The molecule has 27 heavy (non-hydrogen) atoms. The number of nitrogens with one attached hydrogen (secondary N) is 3. The van der Waals surface area contributed by atoms with Crippen molar-refractivity contribution in [3.05, 3.63) is 58.6 Å². The van der Waals surface area contributed by atoms with Crippen LogP contribution in [0.5, 0.6) is 5.75 Å². The first-order valence-electron chi connectivity index (χ1n) is 7.74. The topological polar surface area (TPSA) is 114 Å². The number of halogens is 1. The second kappa shape index (κ2) is 8.74. The van der Waals surface area contributed by atoms with Crippen LogP contribution in [0, 0.1) is 13.8 Å². The molecule has 0 aliphatic rings. The van der Waals surface area contributed by atoms with Crippen molar-refractivity contribution in [2.75, 3.05) is 6.61 Å². The number of aryl methyl sites for hydroxylation is 2. The molecule has 0 aliphatic heterocycles. The highest BCUT2D eigenvalue weighted by Crippen LogP contribution is 2.21. The summed E-state index contributed by atoms with van der Waals surface area (Å²) >= 11 is 5.83. The average Bonchev–Trinajstić information content (AvgIpc) is 2.59. The number of hydrogen-bond acceptors (Lipinski definition) is 5. The summed E-state index contributed by atoms with van der Waals surface area (Å²) in [6.45, 7) is 3.19. The molecule has 10 heteroatoms. The predicted molar refractivity (Wildman–Crippen MR) is 99.9 cm³/mol. The molecule has 0 unspecified atom stereocenters. The lowest BCUT2D eigenvalue weighted by Crippen LogP contribution is -2.49. The number of ether oxygens (including phenoxy) is 1. The number of carbonyl (C=O) groups is 2. The van der Waals surface area contributed by atoms with E-state index in [1.54, 1.807) is 48.9 Å². The molecule has 0 aromatic heterocycles. The molecule has 0 saturated carbocycles. The van der Waals surface area contributed by atoms with Crippen LogP contribution in [0.4, 0.5) is 4.79 Å². The molecule has 3 amide bonds. The predicted octanol–water partition coefficient (Wildman–Crippen LogP) is 2.05. The highest BCUT2D eigenvalue weighted by Gasteiger charge is 2.17. The van der Waals surface area contributed by atoms with Crippen molar-refractivity contribution >= 4 is 33.6 Å². The summed E-state index contributed by atoms with van der Waals surface area (Å²) in [5.41, 5.74) is 5.62. The van der Waals surface area contributed by atoms with Crippen LogP contribution in [0.1, 0.15) is 11.1 Å². The normalized spacial score (nSPS) is 10.8. The Labute approximate surface area is 161 Å². The molecule has 0 spiro atoms. The van der Waals surface area contributed by atoms with E-state index in [1.165, 1.54) is 12.1 Å². The summed E-state index contributed by atoms with van der Waals surface area (Å²) in [7, 11) is -4.05. The molecular weight excluding hydrogens is 394 g/mol. The van der Waals surface area contributed by atoms with Crippen molar-refractivity contribution in [3.8, 4) is 5.75 Å². The summed E-state index contributed by atoms with van der Waals surface area (Å²) in [6.07, 6.45) is 0. The van der Waals surface area contributed by atoms with Crippen LogP contribution in [0.3, 0.4) is 0 Å². The van der Waals surface area contributed by atoms with Crippen molar-refractivity contribution in [1.82, 2.24) is 15.6 Å². The van der Waals surface area contributed by atoms with Crippen LogP contribution in [-0.4, -0.2) is 27.0 Å². The average molecular weight is 412 g/mol. The van der Waals surface area contributed by atoms with E-state index in [9.17, 15) is 18.0 Å². The number of rotatable bonds is 5. The fourth-order valence-electron chi connectivity index (χ4n) is 2.00. The number of carbonyl (C=O) groups excluding carboxylic acids is 2. The minimum atomic E-state index is -4.05. The summed E-state index contributed by atoms with van der Waals surface area (Å²) in [4.78, 5) is 23.3. The Bertz CT molecular complexity index is 946. The second-order valence-electron chi connectivity index (χ2n) is 5.62. The zero-order valence-electron chi connectivity index (χ0n) is 14.6.